The van der Waals surface area contributed by atoms with E-state index in [1.54, 1.807) is 0 Å². The van der Waals surface area contributed by atoms with Gasteiger partial charge in [-0.15, -0.1) is 0 Å². The third-order valence-corrected chi connectivity index (χ3v) is 4.43. The highest BCUT2D eigenvalue weighted by Gasteiger charge is 2.17. The molecule has 0 aliphatic rings. The van der Waals surface area contributed by atoms with Gasteiger partial charge < -0.3 is 5.11 Å². The van der Waals surface area contributed by atoms with E-state index in [-0.39, 0.29) is 22.6 Å². The molecule has 2 N–H and O–H groups in total. The summed E-state index contributed by atoms with van der Waals surface area (Å²) in [7, 11) is -3.57. The van der Waals surface area contributed by atoms with Crippen LogP contribution in [0.15, 0.2) is 23.2 Å². The Morgan fingerprint density at radius 3 is 2.79 bits per heavy atom. The molecule has 0 bridgehead atoms. The van der Waals surface area contributed by atoms with Crippen LogP contribution >= 0.6 is 11.6 Å². The number of aliphatic hydroxyl groups excluding tert-OH is 1. The maximum absolute atomic E-state index is 12.0. The second-order valence-electron chi connectivity index (χ2n) is 4.33. The molecule has 5 nitrogen and oxygen atoms in total. The van der Waals surface area contributed by atoms with Gasteiger partial charge in [0.1, 0.15) is 5.15 Å². The number of aromatic nitrogens is 1. The highest BCUT2D eigenvalue weighted by atomic mass is 35.5. The van der Waals surface area contributed by atoms with Crippen molar-refractivity contribution in [3.63, 3.8) is 0 Å². The van der Waals surface area contributed by atoms with Gasteiger partial charge in [0.25, 0.3) is 0 Å². The maximum Gasteiger partial charge on any atom is 0.240 e. The van der Waals surface area contributed by atoms with Crippen molar-refractivity contribution >= 4 is 21.6 Å². The first-order valence-electron chi connectivity index (χ1n) is 6.21. The first-order valence-corrected chi connectivity index (χ1v) is 8.07. The average Bonchev–Trinajstić information content (AvgIpc) is 2.37. The molecule has 108 valence electrons. The average molecular weight is 307 g/mol. The molecular weight excluding hydrogens is 288 g/mol. The molecule has 1 unspecified atom stereocenters. The molecule has 0 amide bonds. The first-order chi connectivity index (χ1) is 8.99. The first kappa shape index (κ1) is 16.4. The number of pyridine rings is 1. The lowest BCUT2D eigenvalue weighted by molar-refractivity contribution is 0.251. The van der Waals surface area contributed by atoms with Gasteiger partial charge in [0.05, 0.1) is 4.90 Å². The molecule has 0 saturated carbocycles. The molecular formula is C12H19ClN2O3S. The SMILES string of the molecule is CCCC(CCO)CNS(=O)(=O)c1ccnc(Cl)c1. The van der Waals surface area contributed by atoms with E-state index >= 15 is 0 Å². The molecule has 0 saturated heterocycles. The van der Waals surface area contributed by atoms with Crippen LogP contribution in [0.2, 0.25) is 5.15 Å². The molecule has 0 fully saturated rings. The molecule has 1 aromatic heterocycles. The summed E-state index contributed by atoms with van der Waals surface area (Å²) in [5.41, 5.74) is 0. The molecule has 7 heteroatoms. The monoisotopic (exact) mass is 306 g/mol. The third kappa shape index (κ3) is 5.44. The summed E-state index contributed by atoms with van der Waals surface area (Å²) >= 11 is 5.68. The molecule has 0 radical (unpaired) electrons. The van der Waals surface area contributed by atoms with Gasteiger partial charge >= 0.3 is 0 Å². The standard InChI is InChI=1S/C12H19ClN2O3S/c1-2-3-10(5-7-16)9-15-19(17,18)11-4-6-14-12(13)8-11/h4,6,8,10,15-16H,2-3,5,7,9H2,1H3. The lowest BCUT2D eigenvalue weighted by Gasteiger charge is -2.15. The molecule has 0 aliphatic carbocycles. The molecule has 1 heterocycles. The van der Waals surface area contributed by atoms with Crippen molar-refractivity contribution < 1.29 is 13.5 Å². The number of nitrogens with zero attached hydrogens (tertiary/aromatic N) is 1. The fourth-order valence-electron chi connectivity index (χ4n) is 1.80. The van der Waals surface area contributed by atoms with Crippen LogP contribution in [0.5, 0.6) is 0 Å². The maximum atomic E-state index is 12.0. The summed E-state index contributed by atoms with van der Waals surface area (Å²) in [5, 5.41) is 9.09. The van der Waals surface area contributed by atoms with Crippen molar-refractivity contribution in [3.8, 4) is 0 Å². The Labute approximate surface area is 119 Å². The number of rotatable bonds is 8. The predicted octanol–water partition coefficient (Wildman–Crippen LogP) is 1.81. The van der Waals surface area contributed by atoms with Crippen LogP contribution in [-0.2, 0) is 10.0 Å². The zero-order chi connectivity index (χ0) is 14.3. The van der Waals surface area contributed by atoms with Crippen LogP contribution in [-0.4, -0.2) is 31.7 Å². The summed E-state index contributed by atoms with van der Waals surface area (Å²) in [6.07, 6.45) is 3.77. The zero-order valence-electron chi connectivity index (χ0n) is 10.8. The Morgan fingerprint density at radius 1 is 1.47 bits per heavy atom. The Kier molecular flexibility index (Phi) is 6.71. The Balaban J connectivity index is 2.69. The smallest absolute Gasteiger partial charge is 0.240 e. The molecule has 1 atom stereocenters. The van der Waals surface area contributed by atoms with Crippen LogP contribution in [0, 0.1) is 5.92 Å². The summed E-state index contributed by atoms with van der Waals surface area (Å²) in [6, 6.07) is 2.71. The number of hydrogen-bond acceptors (Lipinski definition) is 4. The minimum Gasteiger partial charge on any atom is -0.396 e. The quantitative estimate of drug-likeness (QED) is 0.718. The van der Waals surface area contributed by atoms with E-state index in [1.165, 1.54) is 18.3 Å². The fraction of sp³-hybridized carbons (Fsp3) is 0.583. The third-order valence-electron chi connectivity index (χ3n) is 2.80. The number of nitrogens with one attached hydrogen (secondary N) is 1. The van der Waals surface area contributed by atoms with E-state index in [2.05, 4.69) is 9.71 Å². The van der Waals surface area contributed by atoms with E-state index in [1.807, 2.05) is 6.92 Å². The minimum atomic E-state index is -3.57. The second-order valence-corrected chi connectivity index (χ2v) is 6.49. The van der Waals surface area contributed by atoms with Crippen molar-refractivity contribution in [1.82, 2.24) is 9.71 Å². The highest BCUT2D eigenvalue weighted by molar-refractivity contribution is 7.89. The second kappa shape index (κ2) is 7.79. The Hall–Kier alpha value is -0.690. The van der Waals surface area contributed by atoms with Gasteiger partial charge in [-0.05, 0) is 30.9 Å². The van der Waals surface area contributed by atoms with Crippen LogP contribution in [0.3, 0.4) is 0 Å². The molecule has 1 aromatic rings. The van der Waals surface area contributed by atoms with Crippen LogP contribution in [0.1, 0.15) is 26.2 Å². The van der Waals surface area contributed by atoms with Gasteiger partial charge in [-0.3, -0.25) is 0 Å². The minimum absolute atomic E-state index is 0.0630. The van der Waals surface area contributed by atoms with Gasteiger partial charge in [-0.2, -0.15) is 0 Å². The molecule has 19 heavy (non-hydrogen) atoms. The number of halogens is 1. The summed E-state index contributed by atoms with van der Waals surface area (Å²) < 4.78 is 26.6. The van der Waals surface area contributed by atoms with Crippen molar-refractivity contribution in [2.45, 2.75) is 31.1 Å². The van der Waals surface area contributed by atoms with Crippen molar-refractivity contribution in [3.05, 3.63) is 23.5 Å². The van der Waals surface area contributed by atoms with E-state index in [4.69, 9.17) is 16.7 Å². The summed E-state index contributed by atoms with van der Waals surface area (Å²) in [4.78, 5) is 3.85. The van der Waals surface area contributed by atoms with Gasteiger partial charge in [-0.1, -0.05) is 24.9 Å². The number of hydrogen-bond donors (Lipinski definition) is 2. The fourth-order valence-corrected chi connectivity index (χ4v) is 3.17. The Bertz CT molecular complexity index is 488. The van der Waals surface area contributed by atoms with E-state index in [9.17, 15) is 8.42 Å². The number of aliphatic hydroxyl groups is 1. The normalized spacial score (nSPS) is 13.4. The van der Waals surface area contributed by atoms with Gasteiger partial charge in [-0.25, -0.2) is 18.1 Å². The zero-order valence-corrected chi connectivity index (χ0v) is 12.4. The molecule has 0 aliphatic heterocycles. The van der Waals surface area contributed by atoms with Crippen molar-refractivity contribution in [2.75, 3.05) is 13.2 Å². The largest absolute Gasteiger partial charge is 0.396 e. The van der Waals surface area contributed by atoms with Crippen molar-refractivity contribution in [2.24, 2.45) is 5.92 Å². The highest BCUT2D eigenvalue weighted by Crippen LogP contribution is 2.14. The number of sulfonamides is 1. The van der Waals surface area contributed by atoms with Crippen LogP contribution in [0.25, 0.3) is 0 Å². The lowest BCUT2D eigenvalue weighted by atomic mass is 10.0. The topological polar surface area (TPSA) is 79.3 Å². The van der Waals surface area contributed by atoms with E-state index < -0.39 is 10.0 Å². The Morgan fingerprint density at radius 2 is 2.21 bits per heavy atom. The van der Waals surface area contributed by atoms with E-state index in [0.717, 1.165) is 12.8 Å². The predicted molar refractivity (Wildman–Crippen MR) is 74.5 cm³/mol. The van der Waals surface area contributed by atoms with E-state index in [0.29, 0.717) is 13.0 Å². The van der Waals surface area contributed by atoms with Crippen LogP contribution < -0.4 is 4.72 Å². The molecule has 1 rings (SSSR count). The molecule has 0 aromatic carbocycles. The lowest BCUT2D eigenvalue weighted by Crippen LogP contribution is -2.30. The van der Waals surface area contributed by atoms with Gasteiger partial charge in [0.15, 0.2) is 0 Å². The van der Waals surface area contributed by atoms with Gasteiger partial charge in [0.2, 0.25) is 10.0 Å². The summed E-state index contributed by atoms with van der Waals surface area (Å²) in [5.74, 6) is 0.141. The molecule has 0 spiro atoms. The summed E-state index contributed by atoms with van der Waals surface area (Å²) in [6.45, 7) is 2.41. The van der Waals surface area contributed by atoms with Crippen LogP contribution in [0.4, 0.5) is 0 Å². The van der Waals surface area contributed by atoms with Crippen molar-refractivity contribution in [1.29, 1.82) is 0 Å². The van der Waals surface area contributed by atoms with Gasteiger partial charge in [0, 0.05) is 19.3 Å².